The molecule has 1 heterocycles. The van der Waals surface area contributed by atoms with Gasteiger partial charge in [-0.05, 0) is 18.2 Å². The van der Waals surface area contributed by atoms with Gasteiger partial charge in [-0.25, -0.2) is 4.79 Å². The Morgan fingerprint density at radius 1 is 1.10 bits per heavy atom. The molecule has 0 aliphatic rings. The molecule has 2 aromatic rings. The minimum atomic E-state index is -1.17. The lowest BCUT2D eigenvalue weighted by atomic mass is 10.2. The van der Waals surface area contributed by atoms with Gasteiger partial charge in [0.05, 0.1) is 24.8 Å². The lowest BCUT2D eigenvalue weighted by molar-refractivity contribution is 0.0696. The van der Waals surface area contributed by atoms with Crippen molar-refractivity contribution in [3.8, 4) is 23.8 Å². The summed E-state index contributed by atoms with van der Waals surface area (Å²) in [5.41, 5.74) is -0.0952. The second-order valence-electron chi connectivity index (χ2n) is 3.64. The predicted octanol–water partition coefficient (Wildman–Crippen LogP) is 2.03. The van der Waals surface area contributed by atoms with Gasteiger partial charge in [-0.3, -0.25) is 0 Å². The van der Waals surface area contributed by atoms with Crippen LogP contribution in [0.4, 0.5) is 0 Å². The van der Waals surface area contributed by atoms with Gasteiger partial charge in [-0.2, -0.15) is 0 Å². The SMILES string of the molecule is COc1nc(OC)nc(Oc2ccc(Cl)c(C(=O)O)c2)n1. The third kappa shape index (κ3) is 3.48. The van der Waals surface area contributed by atoms with Crippen molar-refractivity contribution in [2.75, 3.05) is 14.2 Å². The van der Waals surface area contributed by atoms with Crippen LogP contribution in [0.5, 0.6) is 23.8 Å². The highest BCUT2D eigenvalue weighted by Crippen LogP contribution is 2.26. The molecule has 0 atom stereocenters. The molecule has 21 heavy (non-hydrogen) atoms. The van der Waals surface area contributed by atoms with Crippen molar-refractivity contribution in [3.05, 3.63) is 28.8 Å². The number of nitrogens with zero attached hydrogens (tertiary/aromatic N) is 3. The number of hydrogen-bond donors (Lipinski definition) is 1. The molecule has 0 radical (unpaired) electrons. The van der Waals surface area contributed by atoms with Crippen LogP contribution in [0.15, 0.2) is 18.2 Å². The van der Waals surface area contributed by atoms with E-state index < -0.39 is 5.97 Å². The van der Waals surface area contributed by atoms with Gasteiger partial charge in [-0.1, -0.05) is 11.6 Å². The number of carboxylic acids is 1. The van der Waals surface area contributed by atoms with Gasteiger partial charge in [0.2, 0.25) is 0 Å². The minimum absolute atomic E-state index is 0.00396. The Balaban J connectivity index is 2.33. The number of aromatic nitrogens is 3. The molecule has 110 valence electrons. The van der Waals surface area contributed by atoms with E-state index in [1.165, 1.54) is 32.4 Å². The number of halogens is 1. The highest BCUT2D eigenvalue weighted by Gasteiger charge is 2.13. The van der Waals surface area contributed by atoms with Gasteiger partial charge in [0.25, 0.3) is 0 Å². The third-order valence-electron chi connectivity index (χ3n) is 2.32. The molecule has 1 aromatic carbocycles. The topological polar surface area (TPSA) is 104 Å². The van der Waals surface area contributed by atoms with Crippen molar-refractivity contribution >= 4 is 17.6 Å². The zero-order valence-electron chi connectivity index (χ0n) is 11.0. The Kier molecular flexibility index (Phi) is 4.39. The smallest absolute Gasteiger partial charge is 0.337 e. The Bertz CT molecular complexity index is 658. The maximum Gasteiger partial charge on any atom is 0.337 e. The van der Waals surface area contributed by atoms with Crippen LogP contribution in [0.2, 0.25) is 5.02 Å². The fourth-order valence-electron chi connectivity index (χ4n) is 1.39. The summed E-state index contributed by atoms with van der Waals surface area (Å²) in [5, 5.41) is 9.10. The van der Waals surface area contributed by atoms with Crippen LogP contribution in [-0.2, 0) is 0 Å². The molecule has 0 aliphatic heterocycles. The van der Waals surface area contributed by atoms with E-state index in [1.54, 1.807) is 0 Å². The van der Waals surface area contributed by atoms with E-state index in [-0.39, 0.29) is 34.4 Å². The predicted molar refractivity (Wildman–Crippen MR) is 71.4 cm³/mol. The summed E-state index contributed by atoms with van der Waals surface area (Å²) in [7, 11) is 2.76. The molecule has 8 nitrogen and oxygen atoms in total. The quantitative estimate of drug-likeness (QED) is 0.894. The maximum absolute atomic E-state index is 11.0. The Morgan fingerprint density at radius 2 is 1.67 bits per heavy atom. The first-order valence-corrected chi connectivity index (χ1v) is 5.96. The first-order valence-electron chi connectivity index (χ1n) is 5.58. The largest absolute Gasteiger partial charge is 0.478 e. The number of carbonyl (C=O) groups is 1. The summed E-state index contributed by atoms with van der Waals surface area (Å²) >= 11 is 5.77. The average Bonchev–Trinajstić information content (AvgIpc) is 2.48. The summed E-state index contributed by atoms with van der Waals surface area (Å²) in [6.07, 6.45) is 0. The molecule has 1 aromatic heterocycles. The second-order valence-corrected chi connectivity index (χ2v) is 4.05. The van der Waals surface area contributed by atoms with Crippen molar-refractivity contribution in [1.82, 2.24) is 15.0 Å². The number of benzene rings is 1. The van der Waals surface area contributed by atoms with Gasteiger partial charge in [0.15, 0.2) is 0 Å². The zero-order valence-corrected chi connectivity index (χ0v) is 11.8. The Labute approximate surface area is 124 Å². The van der Waals surface area contributed by atoms with E-state index in [1.807, 2.05) is 0 Å². The first-order chi connectivity index (χ1) is 10.0. The van der Waals surface area contributed by atoms with Gasteiger partial charge in [-0.15, -0.1) is 15.0 Å². The van der Waals surface area contributed by atoms with Crippen LogP contribution in [0.25, 0.3) is 0 Å². The van der Waals surface area contributed by atoms with E-state index in [0.29, 0.717) is 0 Å². The van der Waals surface area contributed by atoms with Crippen LogP contribution in [-0.4, -0.2) is 40.2 Å². The fraction of sp³-hybridized carbons (Fsp3) is 0.167. The monoisotopic (exact) mass is 311 g/mol. The van der Waals surface area contributed by atoms with Gasteiger partial charge in [0, 0.05) is 0 Å². The van der Waals surface area contributed by atoms with Crippen molar-refractivity contribution in [1.29, 1.82) is 0 Å². The molecular formula is C12H10ClN3O5. The molecule has 2 rings (SSSR count). The van der Waals surface area contributed by atoms with Crippen LogP contribution < -0.4 is 14.2 Å². The van der Waals surface area contributed by atoms with Crippen LogP contribution >= 0.6 is 11.6 Å². The van der Waals surface area contributed by atoms with Gasteiger partial charge >= 0.3 is 24.0 Å². The number of aromatic carboxylic acids is 1. The van der Waals surface area contributed by atoms with Crippen molar-refractivity contribution in [2.24, 2.45) is 0 Å². The van der Waals surface area contributed by atoms with E-state index in [4.69, 9.17) is 30.9 Å². The van der Waals surface area contributed by atoms with Crippen molar-refractivity contribution in [2.45, 2.75) is 0 Å². The van der Waals surface area contributed by atoms with Gasteiger partial charge < -0.3 is 19.3 Å². The number of hydrogen-bond acceptors (Lipinski definition) is 7. The Morgan fingerprint density at radius 3 is 2.19 bits per heavy atom. The third-order valence-corrected chi connectivity index (χ3v) is 2.65. The van der Waals surface area contributed by atoms with Crippen LogP contribution in [0.3, 0.4) is 0 Å². The molecule has 0 amide bonds. The normalized spacial score (nSPS) is 10.0. The van der Waals surface area contributed by atoms with Crippen LogP contribution in [0, 0.1) is 0 Å². The first kappa shape index (κ1) is 14.8. The second kappa shape index (κ2) is 6.23. The molecule has 9 heteroatoms. The molecule has 0 saturated heterocycles. The molecule has 0 bridgehead atoms. The number of ether oxygens (including phenoxy) is 3. The van der Waals surface area contributed by atoms with Crippen molar-refractivity contribution < 1.29 is 24.1 Å². The molecule has 1 N–H and O–H groups in total. The summed E-state index contributed by atoms with van der Waals surface area (Å²) in [6.45, 7) is 0. The minimum Gasteiger partial charge on any atom is -0.478 e. The molecule has 0 unspecified atom stereocenters. The van der Waals surface area contributed by atoms with Crippen LogP contribution in [0.1, 0.15) is 10.4 Å². The van der Waals surface area contributed by atoms with E-state index in [9.17, 15) is 4.79 Å². The van der Waals surface area contributed by atoms with Crippen molar-refractivity contribution in [3.63, 3.8) is 0 Å². The zero-order chi connectivity index (χ0) is 15.4. The molecule has 0 aliphatic carbocycles. The Hall–Kier alpha value is -2.61. The standard InChI is InChI=1S/C12H10ClN3O5/c1-19-10-14-11(20-2)16-12(15-10)21-6-3-4-8(13)7(5-6)9(17)18/h3-5H,1-2H3,(H,17,18). The average molecular weight is 312 g/mol. The molecular weight excluding hydrogens is 302 g/mol. The van der Waals surface area contributed by atoms with E-state index >= 15 is 0 Å². The lowest BCUT2D eigenvalue weighted by Gasteiger charge is -2.07. The fourth-order valence-corrected chi connectivity index (χ4v) is 1.58. The molecule has 0 fully saturated rings. The summed E-state index contributed by atoms with van der Waals surface area (Å²) in [5.74, 6) is -0.969. The lowest BCUT2D eigenvalue weighted by Crippen LogP contribution is -2.02. The van der Waals surface area contributed by atoms with E-state index in [0.717, 1.165) is 0 Å². The number of rotatable bonds is 5. The highest BCUT2D eigenvalue weighted by molar-refractivity contribution is 6.33. The highest BCUT2D eigenvalue weighted by atomic mass is 35.5. The number of carboxylic acid groups (broad SMARTS) is 1. The molecule has 0 spiro atoms. The summed E-state index contributed by atoms with van der Waals surface area (Å²) in [6, 6.07) is 4.05. The maximum atomic E-state index is 11.0. The number of methoxy groups -OCH3 is 2. The summed E-state index contributed by atoms with van der Waals surface area (Å²) in [4.78, 5) is 22.5. The van der Waals surface area contributed by atoms with Gasteiger partial charge in [0.1, 0.15) is 5.75 Å². The summed E-state index contributed by atoms with van der Waals surface area (Å²) < 4.78 is 15.1. The van der Waals surface area contributed by atoms with E-state index in [2.05, 4.69) is 15.0 Å². The molecule has 0 saturated carbocycles.